The number of hydrogen-bond acceptors (Lipinski definition) is 4. The average molecular weight is 385 g/mol. The van der Waals surface area contributed by atoms with Gasteiger partial charge in [0, 0.05) is 30.9 Å². The lowest BCUT2D eigenvalue weighted by Crippen LogP contribution is -2.47. The van der Waals surface area contributed by atoms with Gasteiger partial charge in [-0.3, -0.25) is 5.41 Å². The summed E-state index contributed by atoms with van der Waals surface area (Å²) < 4.78 is 0. The van der Waals surface area contributed by atoms with Crippen molar-refractivity contribution in [3.63, 3.8) is 0 Å². The van der Waals surface area contributed by atoms with Crippen LogP contribution in [0.4, 0.5) is 5.82 Å². The highest BCUT2D eigenvalue weighted by atomic mass is 16.3. The highest BCUT2D eigenvalue weighted by molar-refractivity contribution is 6.03. The minimum Gasteiger partial charge on any atom is -0.578 e. The Labute approximate surface area is 168 Å². The summed E-state index contributed by atoms with van der Waals surface area (Å²) in [7, 11) is 0. The number of hydrogen-bond donors (Lipinski definition) is 2. The molecule has 1 saturated carbocycles. The molecule has 6 heteroatoms. The summed E-state index contributed by atoms with van der Waals surface area (Å²) >= 11 is 0. The van der Waals surface area contributed by atoms with Gasteiger partial charge in [0.25, 0.3) is 0 Å². The summed E-state index contributed by atoms with van der Waals surface area (Å²) in [6.07, 6.45) is 12.3. The molecule has 4 N–H and O–H groups in total. The van der Waals surface area contributed by atoms with Crippen LogP contribution in [0.15, 0.2) is 11.1 Å². The van der Waals surface area contributed by atoms with E-state index in [0.29, 0.717) is 12.1 Å². The highest BCUT2D eigenvalue weighted by Crippen LogP contribution is 2.30. The summed E-state index contributed by atoms with van der Waals surface area (Å²) in [5, 5.41) is 19.9. The van der Waals surface area contributed by atoms with E-state index in [-0.39, 0.29) is 11.7 Å². The Hall–Kier alpha value is -1.95. The van der Waals surface area contributed by atoms with Crippen LogP contribution in [0.3, 0.4) is 0 Å². The number of nitrogens with one attached hydrogen (secondary N) is 2. The van der Waals surface area contributed by atoms with Crippen LogP contribution in [-0.2, 0) is 12.8 Å². The summed E-state index contributed by atoms with van der Waals surface area (Å²) in [5.74, 6) is 1.26. The molecule has 0 amide bonds. The number of nitrogens with zero attached hydrogens (tertiary/aromatic N) is 3. The molecule has 6 nitrogen and oxygen atoms in total. The number of amidine groups is 1. The van der Waals surface area contributed by atoms with Crippen molar-refractivity contribution in [3.8, 4) is 0 Å². The van der Waals surface area contributed by atoms with Crippen LogP contribution in [0.5, 0.6) is 0 Å². The third kappa shape index (κ3) is 4.37. The zero-order valence-electron chi connectivity index (χ0n) is 17.1. The number of piperidine rings is 1. The molecule has 1 aromatic rings. The number of rotatable bonds is 4. The van der Waals surface area contributed by atoms with Gasteiger partial charge in [-0.1, -0.05) is 19.3 Å². The smallest absolute Gasteiger partial charge is 0.369 e. The standard InChI is InChI=1S/C22H33N5O/c1-15(23)24-22(28)19-14-16-6-5-9-20(16)26-21(19)27-12-10-18(11-13-27)25-17-7-3-2-4-8-17/h14,17-18,25H,2-13H2,1H3,(H2,23,24,28)/p+1. The summed E-state index contributed by atoms with van der Waals surface area (Å²) in [6, 6.07) is 3.43. The lowest BCUT2D eigenvalue weighted by atomic mass is 9.93. The summed E-state index contributed by atoms with van der Waals surface area (Å²) in [4.78, 5) is 11.4. The maximum atomic E-state index is 8.41. The second kappa shape index (κ2) is 8.60. The van der Waals surface area contributed by atoms with Crippen molar-refractivity contribution < 1.29 is 5.11 Å². The summed E-state index contributed by atoms with van der Waals surface area (Å²) in [5.41, 5.74) is 3.25. The SMILES string of the molecule is CC(=N)N=C([OH2+])c1cc2c(nc1N1CCC(NC3CCCCC3)CC1)CCC2. The molecule has 0 atom stereocenters. The molecule has 0 unspecified atom stereocenters. The number of aliphatic imine (C=N–C) groups is 1. The maximum Gasteiger partial charge on any atom is 0.369 e. The van der Waals surface area contributed by atoms with E-state index in [4.69, 9.17) is 15.5 Å². The second-order valence-electron chi connectivity index (χ2n) is 8.63. The van der Waals surface area contributed by atoms with E-state index in [1.54, 1.807) is 6.92 Å². The van der Waals surface area contributed by atoms with Gasteiger partial charge in [0.15, 0.2) is 0 Å². The molecule has 0 bridgehead atoms. The van der Waals surface area contributed by atoms with Crippen molar-refractivity contribution >= 4 is 17.6 Å². The molecule has 28 heavy (non-hydrogen) atoms. The molecular weight excluding hydrogens is 350 g/mol. The Morgan fingerprint density at radius 1 is 1.11 bits per heavy atom. The van der Waals surface area contributed by atoms with E-state index in [0.717, 1.165) is 56.6 Å². The Kier molecular flexibility index (Phi) is 5.95. The van der Waals surface area contributed by atoms with E-state index in [9.17, 15) is 0 Å². The fourth-order valence-corrected chi connectivity index (χ4v) is 4.96. The zero-order chi connectivity index (χ0) is 19.5. The van der Waals surface area contributed by atoms with E-state index < -0.39 is 0 Å². The molecule has 2 fully saturated rings. The molecular formula is C22H34N5O+. The van der Waals surface area contributed by atoms with Gasteiger partial charge in [0.1, 0.15) is 17.2 Å². The number of aromatic nitrogens is 1. The van der Waals surface area contributed by atoms with Crippen molar-refractivity contribution in [2.75, 3.05) is 18.0 Å². The highest BCUT2D eigenvalue weighted by Gasteiger charge is 2.28. The van der Waals surface area contributed by atoms with Crippen LogP contribution in [0, 0.1) is 5.41 Å². The van der Waals surface area contributed by atoms with Crippen LogP contribution >= 0.6 is 0 Å². The van der Waals surface area contributed by atoms with Gasteiger partial charge >= 0.3 is 5.90 Å². The van der Waals surface area contributed by atoms with Crippen molar-refractivity contribution in [2.24, 2.45) is 4.99 Å². The van der Waals surface area contributed by atoms with Gasteiger partial charge in [0.2, 0.25) is 0 Å². The topological polar surface area (TPSA) is 87.3 Å². The molecule has 3 aliphatic rings. The fourth-order valence-electron chi connectivity index (χ4n) is 4.96. The lowest BCUT2D eigenvalue weighted by Gasteiger charge is -2.36. The predicted octanol–water partition coefficient (Wildman–Crippen LogP) is 2.93. The van der Waals surface area contributed by atoms with Gasteiger partial charge in [0.05, 0.1) is 0 Å². The Morgan fingerprint density at radius 2 is 1.82 bits per heavy atom. The first kappa shape index (κ1) is 19.4. The molecule has 0 spiro atoms. The maximum absolute atomic E-state index is 8.41. The molecule has 2 heterocycles. The second-order valence-corrected chi connectivity index (χ2v) is 8.63. The third-order valence-corrected chi connectivity index (χ3v) is 6.44. The minimum atomic E-state index is 0.173. The van der Waals surface area contributed by atoms with Crippen molar-refractivity contribution in [1.29, 1.82) is 5.41 Å². The van der Waals surface area contributed by atoms with Gasteiger partial charge in [-0.05, 0) is 63.5 Å². The van der Waals surface area contributed by atoms with Crippen LogP contribution in [0.2, 0.25) is 0 Å². The first-order valence-corrected chi connectivity index (χ1v) is 11.0. The van der Waals surface area contributed by atoms with Gasteiger partial charge in [-0.2, -0.15) is 4.99 Å². The summed E-state index contributed by atoms with van der Waals surface area (Å²) in [6.45, 7) is 3.57. The van der Waals surface area contributed by atoms with E-state index in [2.05, 4.69) is 21.3 Å². The number of anilines is 1. The van der Waals surface area contributed by atoms with Crippen LogP contribution in [0.25, 0.3) is 0 Å². The minimum absolute atomic E-state index is 0.173. The van der Waals surface area contributed by atoms with Crippen LogP contribution in [0.1, 0.15) is 75.1 Å². The molecule has 0 radical (unpaired) electrons. The Balaban J connectivity index is 1.48. The Morgan fingerprint density at radius 3 is 2.54 bits per heavy atom. The lowest BCUT2D eigenvalue weighted by molar-refractivity contribution is 0.307. The van der Waals surface area contributed by atoms with E-state index >= 15 is 0 Å². The number of fused-ring (bicyclic) bond motifs is 1. The first-order valence-electron chi connectivity index (χ1n) is 11.0. The van der Waals surface area contributed by atoms with Gasteiger partial charge < -0.3 is 15.3 Å². The molecule has 1 saturated heterocycles. The zero-order valence-corrected chi connectivity index (χ0v) is 17.1. The van der Waals surface area contributed by atoms with Crippen LogP contribution in [-0.4, -0.2) is 47.0 Å². The molecule has 152 valence electrons. The van der Waals surface area contributed by atoms with E-state index in [1.165, 1.54) is 43.4 Å². The molecule has 1 aliphatic heterocycles. The normalized spacial score (nSPS) is 21.8. The number of pyridine rings is 1. The van der Waals surface area contributed by atoms with Crippen LogP contribution < -0.4 is 10.2 Å². The van der Waals surface area contributed by atoms with Crippen molar-refractivity contribution in [3.05, 3.63) is 22.9 Å². The van der Waals surface area contributed by atoms with E-state index in [1.807, 2.05) is 0 Å². The van der Waals surface area contributed by atoms with Gasteiger partial charge in [-0.25, -0.2) is 4.98 Å². The predicted molar refractivity (Wildman–Crippen MR) is 115 cm³/mol. The fraction of sp³-hybridized carbons (Fsp3) is 0.682. The van der Waals surface area contributed by atoms with Crippen molar-refractivity contribution in [2.45, 2.75) is 83.2 Å². The Bertz CT molecular complexity index is 746. The largest absolute Gasteiger partial charge is 0.578 e. The number of aryl methyl sites for hydroxylation is 2. The first-order chi connectivity index (χ1) is 13.6. The monoisotopic (exact) mass is 384 g/mol. The molecule has 0 aromatic carbocycles. The average Bonchev–Trinajstić information content (AvgIpc) is 3.15. The van der Waals surface area contributed by atoms with Crippen molar-refractivity contribution in [1.82, 2.24) is 10.3 Å². The van der Waals surface area contributed by atoms with Gasteiger partial charge in [-0.15, -0.1) is 0 Å². The third-order valence-electron chi connectivity index (χ3n) is 6.44. The molecule has 1 aromatic heterocycles. The molecule has 2 aliphatic carbocycles. The molecule has 4 rings (SSSR count). The quantitative estimate of drug-likeness (QED) is 0.475.